The molecular formula is C13H19NO4. The van der Waals surface area contributed by atoms with E-state index < -0.39 is 12.1 Å². The zero-order valence-corrected chi connectivity index (χ0v) is 10.7. The Morgan fingerprint density at radius 3 is 2.50 bits per heavy atom. The van der Waals surface area contributed by atoms with Crippen molar-refractivity contribution >= 4 is 11.7 Å². The number of carbonyl (C=O) groups is 1. The summed E-state index contributed by atoms with van der Waals surface area (Å²) in [5.74, 6) is -0.205. The third kappa shape index (κ3) is 4.63. The predicted molar refractivity (Wildman–Crippen MR) is 69.1 cm³/mol. The maximum atomic E-state index is 10.4. The lowest BCUT2D eigenvalue weighted by atomic mass is 10.2. The summed E-state index contributed by atoms with van der Waals surface area (Å²) in [6, 6.07) is 7.44. The van der Waals surface area contributed by atoms with E-state index in [0.717, 1.165) is 11.4 Å². The first-order chi connectivity index (χ1) is 8.52. The van der Waals surface area contributed by atoms with Crippen molar-refractivity contribution in [2.45, 2.75) is 19.4 Å². The number of nitrogens with zero attached hydrogens (tertiary/aromatic N) is 1. The number of ether oxygens (including phenoxy) is 1. The van der Waals surface area contributed by atoms with Gasteiger partial charge >= 0.3 is 5.97 Å². The average molecular weight is 253 g/mol. The molecule has 5 nitrogen and oxygen atoms in total. The minimum absolute atomic E-state index is 0.249. The Kier molecular flexibility index (Phi) is 5.45. The summed E-state index contributed by atoms with van der Waals surface area (Å²) in [4.78, 5) is 12.3. The number of rotatable bonds is 7. The van der Waals surface area contributed by atoms with E-state index in [2.05, 4.69) is 0 Å². The maximum Gasteiger partial charge on any atom is 0.306 e. The summed E-state index contributed by atoms with van der Waals surface area (Å²) in [6.45, 7) is 2.81. The van der Waals surface area contributed by atoms with Crippen molar-refractivity contribution in [3.8, 4) is 5.75 Å². The van der Waals surface area contributed by atoms with Gasteiger partial charge in [0, 0.05) is 19.3 Å². The number of aliphatic hydroxyl groups excluding tert-OH is 1. The number of aliphatic carboxylic acids is 1. The Morgan fingerprint density at radius 2 is 2.00 bits per heavy atom. The molecule has 1 atom stereocenters. The van der Waals surface area contributed by atoms with Crippen LogP contribution in [0.2, 0.25) is 0 Å². The van der Waals surface area contributed by atoms with E-state index in [0.29, 0.717) is 6.61 Å². The second kappa shape index (κ2) is 6.86. The first-order valence-corrected chi connectivity index (χ1v) is 5.86. The molecule has 0 radical (unpaired) electrons. The van der Waals surface area contributed by atoms with Gasteiger partial charge in [-0.05, 0) is 31.2 Å². The minimum Gasteiger partial charge on any atom is -0.494 e. The summed E-state index contributed by atoms with van der Waals surface area (Å²) in [6.07, 6.45) is -1.12. The molecule has 0 saturated carbocycles. The molecule has 0 saturated heterocycles. The molecule has 0 spiro atoms. The molecule has 5 heteroatoms. The van der Waals surface area contributed by atoms with Crippen LogP contribution in [-0.4, -0.2) is 42.5 Å². The number of anilines is 1. The average Bonchev–Trinajstić information content (AvgIpc) is 2.29. The molecule has 0 aliphatic carbocycles. The van der Waals surface area contributed by atoms with Gasteiger partial charge in [0.15, 0.2) is 0 Å². The number of carboxylic acids is 1. The Balaban J connectivity index is 2.55. The molecular weight excluding hydrogens is 234 g/mol. The Hall–Kier alpha value is -1.75. The van der Waals surface area contributed by atoms with Crippen molar-refractivity contribution in [2.24, 2.45) is 0 Å². The quantitative estimate of drug-likeness (QED) is 0.767. The van der Waals surface area contributed by atoms with Crippen molar-refractivity contribution in [2.75, 3.05) is 25.1 Å². The first-order valence-electron chi connectivity index (χ1n) is 5.86. The van der Waals surface area contributed by atoms with Crippen LogP contribution in [-0.2, 0) is 4.79 Å². The molecule has 1 aromatic carbocycles. The highest BCUT2D eigenvalue weighted by Gasteiger charge is 2.12. The fourth-order valence-corrected chi connectivity index (χ4v) is 1.65. The van der Waals surface area contributed by atoms with Crippen molar-refractivity contribution < 1.29 is 19.7 Å². The fraction of sp³-hybridized carbons (Fsp3) is 0.462. The second-order valence-corrected chi connectivity index (χ2v) is 4.06. The van der Waals surface area contributed by atoms with Crippen LogP contribution in [0.25, 0.3) is 0 Å². The predicted octanol–water partition coefficient (Wildman–Crippen LogP) is 1.36. The first kappa shape index (κ1) is 14.3. The van der Waals surface area contributed by atoms with E-state index in [1.807, 2.05) is 36.1 Å². The molecule has 0 bridgehead atoms. The monoisotopic (exact) mass is 253 g/mol. The molecule has 0 aliphatic rings. The maximum absolute atomic E-state index is 10.4. The molecule has 2 N–H and O–H groups in total. The fourth-order valence-electron chi connectivity index (χ4n) is 1.65. The molecule has 0 amide bonds. The molecule has 0 aromatic heterocycles. The van der Waals surface area contributed by atoms with Crippen LogP contribution >= 0.6 is 0 Å². The van der Waals surface area contributed by atoms with E-state index in [-0.39, 0.29) is 13.0 Å². The van der Waals surface area contributed by atoms with Gasteiger partial charge in [-0.3, -0.25) is 4.79 Å². The Bertz CT molecular complexity index is 377. The zero-order chi connectivity index (χ0) is 13.5. The van der Waals surface area contributed by atoms with E-state index in [1.165, 1.54) is 0 Å². The highest BCUT2D eigenvalue weighted by atomic mass is 16.5. The summed E-state index contributed by atoms with van der Waals surface area (Å²) >= 11 is 0. The number of aliphatic hydroxyl groups is 1. The van der Waals surface area contributed by atoms with E-state index in [9.17, 15) is 9.90 Å². The van der Waals surface area contributed by atoms with Gasteiger partial charge in [-0.2, -0.15) is 0 Å². The molecule has 18 heavy (non-hydrogen) atoms. The highest BCUT2D eigenvalue weighted by molar-refractivity contribution is 5.67. The van der Waals surface area contributed by atoms with Crippen LogP contribution in [0.15, 0.2) is 24.3 Å². The summed E-state index contributed by atoms with van der Waals surface area (Å²) in [7, 11) is 1.81. The smallest absolute Gasteiger partial charge is 0.306 e. The summed E-state index contributed by atoms with van der Waals surface area (Å²) < 4.78 is 5.33. The van der Waals surface area contributed by atoms with Gasteiger partial charge in [-0.15, -0.1) is 0 Å². The third-order valence-corrected chi connectivity index (χ3v) is 2.48. The van der Waals surface area contributed by atoms with Gasteiger partial charge in [0.25, 0.3) is 0 Å². The van der Waals surface area contributed by atoms with Gasteiger partial charge in [0.1, 0.15) is 5.75 Å². The van der Waals surface area contributed by atoms with Crippen molar-refractivity contribution in [1.82, 2.24) is 0 Å². The Labute approximate surface area is 107 Å². The van der Waals surface area contributed by atoms with Gasteiger partial charge in [0.2, 0.25) is 0 Å². The van der Waals surface area contributed by atoms with Crippen molar-refractivity contribution in [3.63, 3.8) is 0 Å². The number of hydrogen-bond donors (Lipinski definition) is 2. The minimum atomic E-state index is -0.998. The SMILES string of the molecule is CCOc1ccc(N(C)CC(O)CC(=O)O)cc1. The standard InChI is InChI=1S/C13H19NO4/c1-3-18-12-6-4-10(5-7-12)14(2)9-11(15)8-13(16)17/h4-7,11,15H,3,8-9H2,1-2H3,(H,16,17). The van der Waals surface area contributed by atoms with Crippen molar-refractivity contribution in [1.29, 1.82) is 0 Å². The molecule has 0 aliphatic heterocycles. The number of carboxylic acid groups (broad SMARTS) is 1. The zero-order valence-electron chi connectivity index (χ0n) is 10.7. The number of benzene rings is 1. The lowest BCUT2D eigenvalue weighted by Gasteiger charge is -2.22. The summed E-state index contributed by atoms with van der Waals surface area (Å²) in [5.41, 5.74) is 0.905. The van der Waals surface area contributed by atoms with Gasteiger partial charge < -0.3 is 19.8 Å². The lowest BCUT2D eigenvalue weighted by molar-refractivity contribution is -0.139. The highest BCUT2D eigenvalue weighted by Crippen LogP contribution is 2.18. The number of likely N-dealkylation sites (N-methyl/N-ethyl adjacent to an activating group) is 1. The molecule has 0 fully saturated rings. The van der Waals surface area contributed by atoms with Gasteiger partial charge in [-0.25, -0.2) is 0 Å². The molecule has 1 rings (SSSR count). The van der Waals surface area contributed by atoms with Crippen LogP contribution in [0.5, 0.6) is 5.75 Å². The van der Waals surface area contributed by atoms with E-state index >= 15 is 0 Å². The topological polar surface area (TPSA) is 70.0 Å². The molecule has 1 unspecified atom stereocenters. The van der Waals surface area contributed by atoms with E-state index in [4.69, 9.17) is 9.84 Å². The van der Waals surface area contributed by atoms with E-state index in [1.54, 1.807) is 7.05 Å². The second-order valence-electron chi connectivity index (χ2n) is 4.06. The molecule has 0 heterocycles. The van der Waals surface area contributed by atoms with Crippen LogP contribution in [0.4, 0.5) is 5.69 Å². The van der Waals surface area contributed by atoms with Crippen molar-refractivity contribution in [3.05, 3.63) is 24.3 Å². The number of hydrogen-bond acceptors (Lipinski definition) is 4. The van der Waals surface area contributed by atoms with Crippen LogP contribution in [0, 0.1) is 0 Å². The summed E-state index contributed by atoms with van der Waals surface area (Å²) in [5, 5.41) is 18.1. The van der Waals surface area contributed by atoms with Crippen LogP contribution in [0.3, 0.4) is 0 Å². The van der Waals surface area contributed by atoms with Gasteiger partial charge in [0.05, 0.1) is 19.1 Å². The molecule has 100 valence electrons. The largest absolute Gasteiger partial charge is 0.494 e. The lowest BCUT2D eigenvalue weighted by Crippen LogP contribution is -2.30. The third-order valence-electron chi connectivity index (χ3n) is 2.48. The van der Waals surface area contributed by atoms with Gasteiger partial charge in [-0.1, -0.05) is 0 Å². The van der Waals surface area contributed by atoms with Crippen LogP contribution in [0.1, 0.15) is 13.3 Å². The Morgan fingerprint density at radius 1 is 1.39 bits per heavy atom. The molecule has 1 aromatic rings. The van der Waals surface area contributed by atoms with Crippen LogP contribution < -0.4 is 9.64 Å². The normalized spacial score (nSPS) is 11.9.